The number of rotatable bonds is 3. The number of carbonyl (C=O) groups excluding carboxylic acids is 1. The number of carbonyl (C=O) groups is 1. The molecule has 27 heavy (non-hydrogen) atoms. The van der Waals surface area contributed by atoms with Gasteiger partial charge < -0.3 is 4.90 Å². The molecule has 0 radical (unpaired) electrons. The summed E-state index contributed by atoms with van der Waals surface area (Å²) in [5, 5.41) is 1.77. The van der Waals surface area contributed by atoms with Crippen molar-refractivity contribution in [3.8, 4) is 0 Å². The molecule has 138 valence electrons. The Kier molecular flexibility index (Phi) is 5.02. The van der Waals surface area contributed by atoms with Crippen LogP contribution in [0.5, 0.6) is 0 Å². The molecular formula is C21H21N3OS2. The second-order valence-electron chi connectivity index (χ2n) is 6.28. The van der Waals surface area contributed by atoms with E-state index in [-0.39, 0.29) is 5.91 Å². The van der Waals surface area contributed by atoms with Crippen molar-refractivity contribution in [1.29, 1.82) is 0 Å². The molecule has 0 unspecified atom stereocenters. The van der Waals surface area contributed by atoms with Gasteiger partial charge >= 0.3 is 0 Å². The molecule has 0 aliphatic carbocycles. The number of amides is 1. The van der Waals surface area contributed by atoms with Gasteiger partial charge in [-0.1, -0.05) is 42.1 Å². The lowest BCUT2D eigenvalue weighted by atomic mass is 10.2. The summed E-state index contributed by atoms with van der Waals surface area (Å²) in [5.41, 5.74) is 3.19. The maximum Gasteiger partial charge on any atom is 0.269 e. The molecular weight excluding hydrogens is 374 g/mol. The van der Waals surface area contributed by atoms with Gasteiger partial charge in [0, 0.05) is 18.0 Å². The van der Waals surface area contributed by atoms with Gasteiger partial charge in [-0.05, 0) is 56.3 Å². The van der Waals surface area contributed by atoms with Crippen molar-refractivity contribution in [3.63, 3.8) is 0 Å². The van der Waals surface area contributed by atoms with Gasteiger partial charge in [0.15, 0.2) is 5.17 Å². The van der Waals surface area contributed by atoms with Crippen LogP contribution in [0.4, 0.5) is 11.4 Å². The molecule has 2 aliphatic heterocycles. The maximum absolute atomic E-state index is 13.1. The molecule has 2 heterocycles. The van der Waals surface area contributed by atoms with Gasteiger partial charge in [-0.3, -0.25) is 9.69 Å². The minimum Gasteiger partial charge on any atom is -0.334 e. The second kappa shape index (κ2) is 7.44. The Hall–Kier alpha value is -2.18. The number of aliphatic imine (C=N–C) groups is 1. The first kappa shape index (κ1) is 18.2. The van der Waals surface area contributed by atoms with E-state index in [1.54, 1.807) is 16.7 Å². The van der Waals surface area contributed by atoms with Crippen LogP contribution in [0.3, 0.4) is 0 Å². The molecule has 1 amide bonds. The van der Waals surface area contributed by atoms with Gasteiger partial charge in [0.25, 0.3) is 5.91 Å². The predicted octanol–water partition coefficient (Wildman–Crippen LogP) is 5.38. The normalized spacial score (nSPS) is 20.7. The molecule has 0 aromatic heterocycles. The van der Waals surface area contributed by atoms with E-state index in [1.807, 2.05) is 50.2 Å². The summed E-state index contributed by atoms with van der Waals surface area (Å²) in [6.07, 6.45) is 0. The average molecular weight is 396 g/mol. The number of hydrogen-bond donors (Lipinski definition) is 0. The second-order valence-corrected chi connectivity index (χ2v) is 8.29. The molecule has 0 N–H and O–H groups in total. The van der Waals surface area contributed by atoms with Crippen molar-refractivity contribution in [2.24, 2.45) is 4.99 Å². The highest BCUT2D eigenvalue weighted by molar-refractivity contribution is 8.19. The third-order valence-corrected chi connectivity index (χ3v) is 7.01. The number of amidine groups is 1. The fourth-order valence-electron chi connectivity index (χ4n) is 3.21. The van der Waals surface area contributed by atoms with Crippen LogP contribution in [0.2, 0.25) is 0 Å². The molecule has 1 fully saturated rings. The highest BCUT2D eigenvalue weighted by atomic mass is 32.2. The van der Waals surface area contributed by atoms with Gasteiger partial charge in [0.05, 0.1) is 11.4 Å². The fourth-order valence-corrected chi connectivity index (χ4v) is 5.66. The van der Waals surface area contributed by atoms with Crippen LogP contribution in [-0.2, 0) is 4.79 Å². The molecule has 0 bridgehead atoms. The standard InChI is InChI=1S/C21H21N3OS2/c1-4-23-16-12-8-9-13-17(16)26-20(23)18-19(25)24(5-2)21(27-18)22-15-11-7-6-10-14(15)3/h6-13H,4-5H2,1-3H3/b20-18+,22-21?. The Balaban J connectivity index is 1.76. The Morgan fingerprint density at radius 1 is 0.926 bits per heavy atom. The summed E-state index contributed by atoms with van der Waals surface area (Å²) in [5.74, 6) is 0.0450. The van der Waals surface area contributed by atoms with E-state index in [2.05, 4.69) is 24.0 Å². The van der Waals surface area contributed by atoms with Crippen molar-refractivity contribution in [1.82, 2.24) is 4.90 Å². The highest BCUT2D eigenvalue weighted by Gasteiger charge is 2.38. The van der Waals surface area contributed by atoms with Crippen molar-refractivity contribution in [2.75, 3.05) is 18.0 Å². The van der Waals surface area contributed by atoms with Crippen LogP contribution in [0, 0.1) is 6.92 Å². The number of fused-ring (bicyclic) bond motifs is 1. The lowest BCUT2D eigenvalue weighted by Crippen LogP contribution is -2.29. The van der Waals surface area contributed by atoms with E-state index >= 15 is 0 Å². The SMILES string of the molecule is CCN1C(=O)/C(=C2\Sc3ccccc3N2CC)SC1=Nc1ccccc1C. The van der Waals surface area contributed by atoms with Gasteiger partial charge in [0.1, 0.15) is 9.93 Å². The van der Waals surface area contributed by atoms with E-state index in [9.17, 15) is 4.79 Å². The predicted molar refractivity (Wildman–Crippen MR) is 116 cm³/mol. The van der Waals surface area contributed by atoms with Crippen molar-refractivity contribution in [3.05, 3.63) is 64.0 Å². The third kappa shape index (κ3) is 3.17. The van der Waals surface area contributed by atoms with Gasteiger partial charge in [-0.25, -0.2) is 4.99 Å². The van der Waals surface area contributed by atoms with E-state index in [0.29, 0.717) is 6.54 Å². The van der Waals surface area contributed by atoms with Gasteiger partial charge in [-0.15, -0.1) is 0 Å². The molecule has 2 aromatic carbocycles. The highest BCUT2D eigenvalue weighted by Crippen LogP contribution is 2.50. The minimum absolute atomic E-state index is 0.0450. The smallest absolute Gasteiger partial charge is 0.269 e. The Bertz CT molecular complexity index is 967. The zero-order valence-corrected chi connectivity index (χ0v) is 17.2. The number of aryl methyl sites for hydroxylation is 1. The monoisotopic (exact) mass is 395 g/mol. The molecule has 4 nitrogen and oxygen atoms in total. The third-order valence-electron chi connectivity index (χ3n) is 4.63. The summed E-state index contributed by atoms with van der Waals surface area (Å²) in [7, 11) is 0. The van der Waals surface area contributed by atoms with Gasteiger partial charge in [0.2, 0.25) is 0 Å². The zero-order chi connectivity index (χ0) is 19.0. The fraction of sp³-hybridized carbons (Fsp3) is 0.238. The van der Waals surface area contributed by atoms with Crippen LogP contribution >= 0.6 is 23.5 Å². The van der Waals surface area contributed by atoms with Crippen LogP contribution in [0.1, 0.15) is 19.4 Å². The number of para-hydroxylation sites is 2. The van der Waals surface area contributed by atoms with Crippen LogP contribution in [0.25, 0.3) is 0 Å². The molecule has 6 heteroatoms. The average Bonchev–Trinajstić information content (AvgIpc) is 3.20. The summed E-state index contributed by atoms with van der Waals surface area (Å²) < 4.78 is 0. The number of likely N-dealkylation sites (N-methyl/N-ethyl adjacent to an activating group) is 1. The first-order chi connectivity index (χ1) is 13.1. The van der Waals surface area contributed by atoms with Crippen molar-refractivity contribution >= 4 is 46.0 Å². The summed E-state index contributed by atoms with van der Waals surface area (Å²) in [4.78, 5) is 23.9. The van der Waals surface area contributed by atoms with E-state index in [1.165, 1.54) is 22.3 Å². The molecule has 1 saturated heterocycles. The quantitative estimate of drug-likeness (QED) is 0.654. The molecule has 0 spiro atoms. The Labute approximate surface area is 168 Å². The van der Waals surface area contributed by atoms with Crippen molar-refractivity contribution in [2.45, 2.75) is 25.7 Å². The first-order valence-corrected chi connectivity index (χ1v) is 10.7. The number of benzene rings is 2. The zero-order valence-electron chi connectivity index (χ0n) is 15.6. The van der Waals surface area contributed by atoms with Gasteiger partial charge in [-0.2, -0.15) is 0 Å². The lowest BCUT2D eigenvalue weighted by Gasteiger charge is -2.19. The summed E-state index contributed by atoms with van der Waals surface area (Å²) >= 11 is 3.16. The largest absolute Gasteiger partial charge is 0.334 e. The minimum atomic E-state index is 0.0450. The molecule has 2 aliphatic rings. The Morgan fingerprint density at radius 2 is 1.63 bits per heavy atom. The summed E-state index contributed by atoms with van der Waals surface area (Å²) in [6, 6.07) is 16.3. The molecule has 0 atom stereocenters. The number of thioether (sulfide) groups is 2. The lowest BCUT2D eigenvalue weighted by molar-refractivity contribution is -0.122. The van der Waals surface area contributed by atoms with E-state index < -0.39 is 0 Å². The van der Waals surface area contributed by atoms with Crippen LogP contribution in [0.15, 0.2) is 68.4 Å². The van der Waals surface area contributed by atoms with Crippen LogP contribution < -0.4 is 4.90 Å². The summed E-state index contributed by atoms with van der Waals surface area (Å²) in [6.45, 7) is 7.59. The van der Waals surface area contributed by atoms with E-state index in [0.717, 1.165) is 32.9 Å². The van der Waals surface area contributed by atoms with Crippen molar-refractivity contribution < 1.29 is 4.79 Å². The first-order valence-electron chi connectivity index (χ1n) is 9.06. The maximum atomic E-state index is 13.1. The van der Waals surface area contributed by atoms with Crippen LogP contribution in [-0.4, -0.2) is 29.1 Å². The molecule has 0 saturated carbocycles. The molecule has 2 aromatic rings. The number of anilines is 1. The Morgan fingerprint density at radius 3 is 2.37 bits per heavy atom. The van der Waals surface area contributed by atoms with E-state index in [4.69, 9.17) is 4.99 Å². The topological polar surface area (TPSA) is 35.9 Å². The number of nitrogens with zero attached hydrogens (tertiary/aromatic N) is 3. The molecule has 4 rings (SSSR count). The number of hydrogen-bond acceptors (Lipinski definition) is 5.